The van der Waals surface area contributed by atoms with E-state index in [9.17, 15) is 9.59 Å². The van der Waals surface area contributed by atoms with Crippen molar-refractivity contribution in [2.75, 3.05) is 18.4 Å². The van der Waals surface area contributed by atoms with Crippen LogP contribution in [0.25, 0.3) is 33.1 Å². The second-order valence-corrected chi connectivity index (χ2v) is 10.5. The SMILES string of the molecule is CC.CC.CC.CC.CC.CC(=O)N1CCC(C(Nc2cc(-c3ccc4ccn(C)c4c3)c3nccnc3c2)c2ccc(=O)n(C)c2)CC1. The molecule has 1 atom stereocenters. The third kappa shape index (κ3) is 10.8. The fraction of sp³-hybridized carbons (Fsp3) is 0.463. The lowest BCUT2D eigenvalue weighted by atomic mass is 9.85. The van der Waals surface area contributed by atoms with Crippen LogP contribution in [0.1, 0.15) is 101 Å². The predicted molar refractivity (Wildman–Crippen MR) is 211 cm³/mol. The highest BCUT2D eigenvalue weighted by Gasteiger charge is 2.29. The lowest BCUT2D eigenvalue weighted by molar-refractivity contribution is -0.130. The summed E-state index contributed by atoms with van der Waals surface area (Å²) < 4.78 is 3.75. The molecule has 1 fully saturated rings. The van der Waals surface area contributed by atoms with Gasteiger partial charge >= 0.3 is 0 Å². The molecule has 1 aliphatic rings. The van der Waals surface area contributed by atoms with Crippen LogP contribution in [-0.2, 0) is 18.9 Å². The van der Waals surface area contributed by atoms with Crippen LogP contribution in [0.15, 0.2) is 78.1 Å². The maximum atomic E-state index is 12.2. The predicted octanol–water partition coefficient (Wildman–Crippen LogP) is 10.0. The zero-order chi connectivity index (χ0) is 37.1. The number of aromatic nitrogens is 4. The average Bonchev–Trinajstić information content (AvgIpc) is 3.55. The van der Waals surface area contributed by atoms with Crippen LogP contribution < -0.4 is 10.9 Å². The van der Waals surface area contributed by atoms with E-state index >= 15 is 0 Å². The average molecular weight is 671 g/mol. The second kappa shape index (κ2) is 22.2. The maximum absolute atomic E-state index is 12.2. The van der Waals surface area contributed by atoms with Gasteiger partial charge in [-0.15, -0.1) is 0 Å². The number of amides is 1. The first kappa shape index (κ1) is 42.6. The van der Waals surface area contributed by atoms with Crippen LogP contribution in [-0.4, -0.2) is 43.0 Å². The largest absolute Gasteiger partial charge is 0.378 e. The van der Waals surface area contributed by atoms with Crippen molar-refractivity contribution >= 4 is 33.5 Å². The highest BCUT2D eigenvalue weighted by Crippen LogP contribution is 2.37. The van der Waals surface area contributed by atoms with Crippen molar-refractivity contribution in [3.8, 4) is 11.1 Å². The minimum atomic E-state index is -0.0387. The van der Waals surface area contributed by atoms with Gasteiger partial charge in [-0.05, 0) is 59.5 Å². The molecule has 1 saturated heterocycles. The Labute approximate surface area is 295 Å². The van der Waals surface area contributed by atoms with Crippen molar-refractivity contribution in [3.05, 3.63) is 89.2 Å². The standard InChI is InChI=1S/C31H32N6O2.5C2H6/c1-20(38)37-14-9-22(10-15-37)30(24-6-7-29(39)36(3)19-24)34-25-17-26(31-27(18-25)32-11-12-33-31)23-5-4-21-8-13-35(2)28(21)16-23;5*1-2/h4-8,11-13,16-19,22,30,34H,9-10,14-15H2,1-3H3;5*1-2H3. The molecule has 0 spiro atoms. The maximum Gasteiger partial charge on any atom is 0.250 e. The van der Waals surface area contributed by atoms with E-state index in [1.807, 2.05) is 92.5 Å². The first-order valence-corrected chi connectivity index (χ1v) is 18.4. The number of fused-ring (bicyclic) bond motifs is 2. The first-order chi connectivity index (χ1) is 23.9. The van der Waals surface area contributed by atoms with Gasteiger partial charge in [0.25, 0.3) is 0 Å². The molecule has 1 aliphatic heterocycles. The van der Waals surface area contributed by atoms with E-state index in [-0.39, 0.29) is 17.5 Å². The fourth-order valence-corrected chi connectivity index (χ4v) is 5.81. The number of hydrogen-bond acceptors (Lipinski definition) is 5. The lowest BCUT2D eigenvalue weighted by Crippen LogP contribution is -2.39. The molecule has 2 aromatic carbocycles. The van der Waals surface area contributed by atoms with Crippen molar-refractivity contribution < 1.29 is 4.79 Å². The summed E-state index contributed by atoms with van der Waals surface area (Å²) in [7, 11) is 3.84. The van der Waals surface area contributed by atoms with Crippen LogP contribution in [0.2, 0.25) is 0 Å². The topological polar surface area (TPSA) is 85.1 Å². The van der Waals surface area contributed by atoms with Gasteiger partial charge in [0.1, 0.15) is 0 Å². The number of benzene rings is 2. The Hall–Kier alpha value is -4.46. The van der Waals surface area contributed by atoms with E-state index in [0.717, 1.165) is 64.9 Å². The number of piperidine rings is 1. The van der Waals surface area contributed by atoms with Gasteiger partial charge in [-0.2, -0.15) is 0 Å². The Morgan fingerprint density at radius 2 is 1.43 bits per heavy atom. The molecule has 1 amide bonds. The summed E-state index contributed by atoms with van der Waals surface area (Å²) in [4.78, 5) is 35.4. The van der Waals surface area contributed by atoms with Gasteiger partial charge in [0, 0.05) is 81.7 Å². The van der Waals surface area contributed by atoms with Gasteiger partial charge in [0.2, 0.25) is 11.5 Å². The number of hydrogen-bond donors (Lipinski definition) is 1. The Morgan fingerprint density at radius 3 is 2.04 bits per heavy atom. The summed E-state index contributed by atoms with van der Waals surface area (Å²) in [5.41, 5.74) is 6.86. The van der Waals surface area contributed by atoms with Crippen molar-refractivity contribution in [1.29, 1.82) is 0 Å². The van der Waals surface area contributed by atoms with Crippen LogP contribution in [0.3, 0.4) is 0 Å². The van der Waals surface area contributed by atoms with Gasteiger partial charge in [0.15, 0.2) is 0 Å². The van der Waals surface area contributed by atoms with Crippen molar-refractivity contribution in [2.24, 2.45) is 20.0 Å². The number of carbonyl (C=O) groups is 1. The van der Waals surface area contributed by atoms with E-state index in [1.165, 1.54) is 5.39 Å². The molecule has 1 unspecified atom stereocenters. The molecule has 8 heteroatoms. The molecule has 5 aromatic rings. The summed E-state index contributed by atoms with van der Waals surface area (Å²) in [5.74, 6) is 0.409. The third-order valence-electron chi connectivity index (χ3n) is 8.02. The molecule has 0 aliphatic carbocycles. The number of rotatable bonds is 5. The molecular formula is C41H62N6O2. The van der Waals surface area contributed by atoms with E-state index < -0.39 is 0 Å². The highest BCUT2D eigenvalue weighted by molar-refractivity contribution is 5.97. The molecule has 49 heavy (non-hydrogen) atoms. The molecule has 3 aromatic heterocycles. The molecule has 1 N–H and O–H groups in total. The fourth-order valence-electron chi connectivity index (χ4n) is 5.81. The van der Waals surface area contributed by atoms with E-state index in [2.05, 4.69) is 63.4 Å². The van der Waals surface area contributed by atoms with Crippen molar-refractivity contribution in [1.82, 2.24) is 24.0 Å². The number of nitrogens with one attached hydrogen (secondary N) is 1. The first-order valence-electron chi connectivity index (χ1n) is 18.4. The van der Waals surface area contributed by atoms with Gasteiger partial charge in [-0.25, -0.2) is 0 Å². The minimum absolute atomic E-state index is 0.0387. The molecule has 6 rings (SSSR count). The smallest absolute Gasteiger partial charge is 0.250 e. The number of likely N-dealkylation sites (tertiary alicyclic amines) is 1. The monoisotopic (exact) mass is 670 g/mol. The number of pyridine rings is 1. The highest BCUT2D eigenvalue weighted by atomic mass is 16.2. The number of nitrogens with zero attached hydrogens (tertiary/aromatic N) is 5. The van der Waals surface area contributed by atoms with E-state index in [0.29, 0.717) is 5.92 Å². The number of carbonyl (C=O) groups excluding carboxylic acids is 1. The summed E-state index contributed by atoms with van der Waals surface area (Å²) in [6.45, 7) is 23.1. The normalized spacial score (nSPS) is 12.6. The number of aryl methyl sites for hydroxylation is 2. The van der Waals surface area contributed by atoms with Gasteiger partial charge in [0.05, 0.1) is 17.1 Å². The lowest BCUT2D eigenvalue weighted by Gasteiger charge is -2.37. The summed E-state index contributed by atoms with van der Waals surface area (Å²) in [5, 5.41) is 5.00. The summed E-state index contributed by atoms with van der Waals surface area (Å²) in [6.07, 6.45) is 9.20. The van der Waals surface area contributed by atoms with Crippen LogP contribution in [0.5, 0.6) is 0 Å². The van der Waals surface area contributed by atoms with E-state index in [4.69, 9.17) is 0 Å². The summed E-state index contributed by atoms with van der Waals surface area (Å²) >= 11 is 0. The quantitative estimate of drug-likeness (QED) is 0.201. The molecule has 0 radical (unpaired) electrons. The van der Waals surface area contributed by atoms with Crippen LogP contribution in [0.4, 0.5) is 5.69 Å². The molecule has 4 heterocycles. The molecule has 268 valence electrons. The Bertz CT molecular complexity index is 1750. The van der Waals surface area contributed by atoms with Crippen LogP contribution in [0, 0.1) is 5.92 Å². The van der Waals surface area contributed by atoms with Gasteiger partial charge < -0.3 is 19.4 Å². The van der Waals surface area contributed by atoms with Gasteiger partial charge in [-0.1, -0.05) is 87.4 Å². The zero-order valence-corrected chi connectivity index (χ0v) is 32.5. The zero-order valence-electron chi connectivity index (χ0n) is 32.5. The third-order valence-corrected chi connectivity index (χ3v) is 8.02. The molecule has 0 bridgehead atoms. The van der Waals surface area contributed by atoms with Crippen LogP contribution >= 0.6 is 0 Å². The summed E-state index contributed by atoms with van der Waals surface area (Å²) in [6, 6.07) is 16.3. The Balaban J connectivity index is 0.00000110. The molecule has 0 saturated carbocycles. The molecular weight excluding hydrogens is 608 g/mol. The second-order valence-electron chi connectivity index (χ2n) is 10.5. The minimum Gasteiger partial charge on any atom is -0.378 e. The van der Waals surface area contributed by atoms with Gasteiger partial charge in [-0.3, -0.25) is 19.6 Å². The van der Waals surface area contributed by atoms with Crippen molar-refractivity contribution in [2.45, 2.75) is 95.0 Å². The Kier molecular flexibility index (Phi) is 19.3. The Morgan fingerprint density at radius 1 is 0.796 bits per heavy atom. The number of anilines is 1. The molecule has 8 nitrogen and oxygen atoms in total. The van der Waals surface area contributed by atoms with E-state index in [1.54, 1.807) is 37.0 Å². The van der Waals surface area contributed by atoms with Crippen molar-refractivity contribution in [3.63, 3.8) is 0 Å².